The number of anilines is 1. The van der Waals surface area contributed by atoms with Crippen LogP contribution in [0.2, 0.25) is 0 Å². The van der Waals surface area contributed by atoms with Crippen molar-refractivity contribution in [2.24, 2.45) is 0 Å². The van der Waals surface area contributed by atoms with Crippen LogP contribution in [-0.2, 0) is 19.6 Å². The minimum absolute atomic E-state index is 0.00605. The molecular weight excluding hydrogens is 360 g/mol. The van der Waals surface area contributed by atoms with Crippen LogP contribution in [0.1, 0.15) is 18.9 Å². The first-order valence-corrected chi connectivity index (χ1v) is 8.61. The van der Waals surface area contributed by atoms with Gasteiger partial charge in [0.05, 0.1) is 17.9 Å². The van der Waals surface area contributed by atoms with Gasteiger partial charge >= 0.3 is 5.97 Å². The molecule has 0 spiro atoms. The highest BCUT2D eigenvalue weighted by molar-refractivity contribution is 9.10. The van der Waals surface area contributed by atoms with E-state index in [1.165, 1.54) is 13.1 Å². The van der Waals surface area contributed by atoms with Crippen molar-refractivity contribution in [1.29, 1.82) is 0 Å². The molecule has 0 fully saturated rings. The van der Waals surface area contributed by atoms with Crippen LogP contribution in [0.5, 0.6) is 0 Å². The molecule has 0 radical (unpaired) electrons. The van der Waals surface area contributed by atoms with E-state index >= 15 is 0 Å². The van der Waals surface area contributed by atoms with Gasteiger partial charge in [-0.3, -0.25) is 4.79 Å². The Kier molecular flexibility index (Phi) is 6.18. The van der Waals surface area contributed by atoms with Gasteiger partial charge in [-0.15, -0.1) is 0 Å². The normalized spacial score (nSPS) is 11.7. The van der Waals surface area contributed by atoms with Crippen LogP contribution in [0.3, 0.4) is 0 Å². The second-order valence-electron chi connectivity index (χ2n) is 4.50. The molecule has 0 amide bonds. The average molecular weight is 379 g/mol. The van der Waals surface area contributed by atoms with Crippen LogP contribution < -0.4 is 5.73 Å². The molecule has 0 aliphatic carbocycles. The number of hydrogen-bond donors (Lipinski definition) is 1. The fourth-order valence-electron chi connectivity index (χ4n) is 1.71. The molecule has 0 aromatic heterocycles. The summed E-state index contributed by atoms with van der Waals surface area (Å²) in [5.74, 6) is -0.426. The van der Waals surface area contributed by atoms with Gasteiger partial charge in [0.2, 0.25) is 10.0 Å². The number of esters is 1. The number of nitrogens with two attached hydrogens (primary N) is 1. The molecule has 8 heteroatoms. The zero-order chi connectivity index (χ0) is 16.2. The third-order valence-electron chi connectivity index (χ3n) is 2.99. The lowest BCUT2D eigenvalue weighted by atomic mass is 10.2. The van der Waals surface area contributed by atoms with Gasteiger partial charge in [0.1, 0.15) is 0 Å². The van der Waals surface area contributed by atoms with Gasteiger partial charge in [0, 0.05) is 23.8 Å². The molecule has 6 nitrogen and oxygen atoms in total. The molecule has 1 aromatic rings. The maximum absolute atomic E-state index is 12.5. The molecule has 0 saturated carbocycles. The van der Waals surface area contributed by atoms with Crippen molar-refractivity contribution in [2.45, 2.75) is 25.2 Å². The maximum Gasteiger partial charge on any atom is 0.307 e. The number of halogens is 1. The monoisotopic (exact) mass is 378 g/mol. The van der Waals surface area contributed by atoms with Crippen molar-refractivity contribution in [3.8, 4) is 0 Å². The minimum atomic E-state index is -3.71. The van der Waals surface area contributed by atoms with E-state index in [1.807, 2.05) is 0 Å². The van der Waals surface area contributed by atoms with Crippen LogP contribution >= 0.6 is 15.9 Å². The molecule has 0 aliphatic rings. The highest BCUT2D eigenvalue weighted by atomic mass is 79.9. The van der Waals surface area contributed by atoms with E-state index in [0.717, 1.165) is 4.31 Å². The predicted octanol–water partition coefficient (Wildman–Crippen LogP) is 1.91. The van der Waals surface area contributed by atoms with Crippen LogP contribution in [0.15, 0.2) is 21.5 Å². The number of sulfonamides is 1. The number of benzene rings is 1. The fraction of sp³-hybridized carbons (Fsp3) is 0.462. The van der Waals surface area contributed by atoms with Crippen LogP contribution in [0.4, 0.5) is 5.69 Å². The summed E-state index contributed by atoms with van der Waals surface area (Å²) in [6, 6.07) is 3.15. The second-order valence-corrected chi connectivity index (χ2v) is 7.43. The Labute approximate surface area is 133 Å². The Balaban J connectivity index is 2.98. The summed E-state index contributed by atoms with van der Waals surface area (Å²) >= 11 is 3.23. The zero-order valence-corrected chi connectivity index (χ0v) is 14.6. The highest BCUT2D eigenvalue weighted by Gasteiger charge is 2.24. The summed E-state index contributed by atoms with van der Waals surface area (Å²) in [5.41, 5.74) is 6.67. The predicted molar refractivity (Wildman–Crippen MR) is 84.4 cm³/mol. The minimum Gasteiger partial charge on any atom is -0.466 e. The first kappa shape index (κ1) is 17.9. The number of nitrogen functional groups attached to an aromatic ring is 1. The molecule has 0 heterocycles. The summed E-state index contributed by atoms with van der Waals surface area (Å²) < 4.78 is 31.5. The van der Waals surface area contributed by atoms with Crippen molar-refractivity contribution in [3.05, 3.63) is 22.2 Å². The molecule has 0 unspecified atom stereocenters. The smallest absolute Gasteiger partial charge is 0.307 e. The van der Waals surface area contributed by atoms with Crippen molar-refractivity contribution in [3.63, 3.8) is 0 Å². The molecule has 0 saturated heterocycles. The standard InChI is InChI=1S/C13H19BrN2O4S/c1-4-20-13(17)5-6-16(3)21(18,19)12-8-10(14)7-11(15)9(12)2/h7-8H,4-6,15H2,1-3H3. The molecular formula is C13H19BrN2O4S. The van der Waals surface area contributed by atoms with Crippen LogP contribution in [-0.4, -0.2) is 38.9 Å². The largest absolute Gasteiger partial charge is 0.466 e. The summed E-state index contributed by atoms with van der Waals surface area (Å²) in [7, 11) is -2.29. The third kappa shape index (κ3) is 4.42. The number of carbonyl (C=O) groups is 1. The number of nitrogens with zero attached hydrogens (tertiary/aromatic N) is 1. The van der Waals surface area contributed by atoms with Crippen molar-refractivity contribution >= 4 is 37.6 Å². The number of hydrogen-bond acceptors (Lipinski definition) is 5. The second kappa shape index (κ2) is 7.24. The van der Waals surface area contributed by atoms with E-state index in [4.69, 9.17) is 10.5 Å². The molecule has 1 aromatic carbocycles. The Morgan fingerprint density at radius 3 is 2.62 bits per heavy atom. The summed E-state index contributed by atoms with van der Waals surface area (Å²) in [6.45, 7) is 3.67. The molecule has 21 heavy (non-hydrogen) atoms. The van der Waals surface area contributed by atoms with Crippen molar-refractivity contribution in [2.75, 3.05) is 25.9 Å². The Bertz CT molecular complexity index is 631. The van der Waals surface area contributed by atoms with E-state index < -0.39 is 16.0 Å². The molecule has 0 atom stereocenters. The molecule has 118 valence electrons. The first-order chi connectivity index (χ1) is 9.70. The zero-order valence-electron chi connectivity index (χ0n) is 12.2. The third-order valence-corrected chi connectivity index (χ3v) is 5.43. The fourth-order valence-corrected chi connectivity index (χ4v) is 3.79. The van der Waals surface area contributed by atoms with Crippen molar-refractivity contribution in [1.82, 2.24) is 4.31 Å². The quantitative estimate of drug-likeness (QED) is 0.603. The number of ether oxygens (including phenoxy) is 1. The van der Waals surface area contributed by atoms with Gasteiger partial charge in [-0.05, 0) is 31.5 Å². The van der Waals surface area contributed by atoms with E-state index in [2.05, 4.69) is 15.9 Å². The van der Waals surface area contributed by atoms with Gasteiger partial charge in [-0.25, -0.2) is 12.7 Å². The molecule has 0 aliphatic heterocycles. The van der Waals surface area contributed by atoms with Gasteiger partial charge in [-0.2, -0.15) is 0 Å². The average Bonchev–Trinajstić information content (AvgIpc) is 2.40. The van der Waals surface area contributed by atoms with E-state index in [-0.39, 0.29) is 24.5 Å². The SMILES string of the molecule is CCOC(=O)CCN(C)S(=O)(=O)c1cc(Br)cc(N)c1C. The summed E-state index contributed by atoms with van der Waals surface area (Å²) in [5, 5.41) is 0. The van der Waals surface area contributed by atoms with E-state index in [1.54, 1.807) is 19.9 Å². The Hall–Kier alpha value is -1.12. The lowest BCUT2D eigenvalue weighted by Gasteiger charge is -2.19. The number of rotatable bonds is 6. The van der Waals surface area contributed by atoms with Gasteiger partial charge in [0.15, 0.2) is 0 Å². The first-order valence-electron chi connectivity index (χ1n) is 6.37. The van der Waals surface area contributed by atoms with Gasteiger partial charge in [-0.1, -0.05) is 15.9 Å². The number of carbonyl (C=O) groups excluding carboxylic acids is 1. The molecule has 0 bridgehead atoms. The van der Waals surface area contributed by atoms with Crippen LogP contribution in [0, 0.1) is 6.92 Å². The Morgan fingerprint density at radius 1 is 1.43 bits per heavy atom. The summed E-state index contributed by atoms with van der Waals surface area (Å²) in [4.78, 5) is 11.4. The Morgan fingerprint density at radius 2 is 2.05 bits per heavy atom. The van der Waals surface area contributed by atoms with E-state index in [0.29, 0.717) is 15.7 Å². The lowest BCUT2D eigenvalue weighted by Crippen LogP contribution is -2.30. The van der Waals surface area contributed by atoms with E-state index in [9.17, 15) is 13.2 Å². The highest BCUT2D eigenvalue weighted by Crippen LogP contribution is 2.28. The maximum atomic E-state index is 12.5. The summed E-state index contributed by atoms with van der Waals surface area (Å²) in [6.07, 6.45) is 0.00605. The topological polar surface area (TPSA) is 89.7 Å². The van der Waals surface area contributed by atoms with Crippen LogP contribution in [0.25, 0.3) is 0 Å². The van der Waals surface area contributed by atoms with Gasteiger partial charge < -0.3 is 10.5 Å². The molecule has 1 rings (SSSR count). The molecule has 2 N–H and O–H groups in total. The van der Waals surface area contributed by atoms with Crippen molar-refractivity contribution < 1.29 is 17.9 Å². The lowest BCUT2D eigenvalue weighted by molar-refractivity contribution is -0.143. The van der Waals surface area contributed by atoms with Gasteiger partial charge in [0.25, 0.3) is 0 Å².